The second kappa shape index (κ2) is 6.59. The molecule has 1 N–H and O–H groups in total. The molecule has 1 aliphatic carbocycles. The lowest BCUT2D eigenvalue weighted by molar-refractivity contribution is 0.123. The first kappa shape index (κ1) is 13.9. The number of para-hydroxylation sites is 1. The predicted molar refractivity (Wildman–Crippen MR) is 82.1 cm³/mol. The summed E-state index contributed by atoms with van der Waals surface area (Å²) in [5, 5.41) is 3.47. The zero-order chi connectivity index (χ0) is 13.8. The van der Waals surface area contributed by atoms with Crippen LogP contribution in [0.1, 0.15) is 37.3 Å². The van der Waals surface area contributed by atoms with Crippen LogP contribution in [0.4, 0.5) is 0 Å². The lowest BCUT2D eigenvalue weighted by Crippen LogP contribution is -2.46. The normalized spacial score (nSPS) is 22.9. The second-order valence-corrected chi connectivity index (χ2v) is 6.02. The highest BCUT2D eigenvalue weighted by atomic mass is 16.5. The van der Waals surface area contributed by atoms with E-state index in [9.17, 15) is 0 Å². The molecule has 1 atom stereocenters. The van der Waals surface area contributed by atoms with Gasteiger partial charge in [0.05, 0.1) is 7.11 Å². The van der Waals surface area contributed by atoms with E-state index < -0.39 is 0 Å². The molecule has 2 fully saturated rings. The third kappa shape index (κ3) is 2.84. The van der Waals surface area contributed by atoms with Gasteiger partial charge >= 0.3 is 0 Å². The van der Waals surface area contributed by atoms with Crippen molar-refractivity contribution in [1.82, 2.24) is 10.2 Å². The molecule has 1 saturated carbocycles. The molecule has 1 aliphatic heterocycles. The van der Waals surface area contributed by atoms with Crippen molar-refractivity contribution in [1.29, 1.82) is 0 Å². The van der Waals surface area contributed by atoms with Gasteiger partial charge in [0, 0.05) is 37.8 Å². The molecule has 0 radical (unpaired) electrons. The highest BCUT2D eigenvalue weighted by Crippen LogP contribution is 2.42. The average molecular weight is 274 g/mol. The number of hydrogen-bond donors (Lipinski definition) is 1. The van der Waals surface area contributed by atoms with Crippen LogP contribution in [0.5, 0.6) is 5.75 Å². The zero-order valence-electron chi connectivity index (χ0n) is 12.5. The summed E-state index contributed by atoms with van der Waals surface area (Å²) in [4.78, 5) is 2.67. The summed E-state index contributed by atoms with van der Waals surface area (Å²) in [7, 11) is 1.79. The summed E-state index contributed by atoms with van der Waals surface area (Å²) in [6.45, 7) is 4.52. The summed E-state index contributed by atoms with van der Waals surface area (Å²) < 4.78 is 5.63. The van der Waals surface area contributed by atoms with E-state index in [1.54, 1.807) is 7.11 Å². The van der Waals surface area contributed by atoms with Gasteiger partial charge in [-0.3, -0.25) is 4.90 Å². The molecule has 1 aromatic rings. The summed E-state index contributed by atoms with van der Waals surface area (Å²) in [5.74, 6) is 1.85. The number of rotatable bonds is 4. The van der Waals surface area contributed by atoms with Gasteiger partial charge in [0.25, 0.3) is 0 Å². The molecule has 2 aliphatic rings. The van der Waals surface area contributed by atoms with Crippen LogP contribution >= 0.6 is 0 Å². The van der Waals surface area contributed by atoms with E-state index in [4.69, 9.17) is 4.74 Å². The summed E-state index contributed by atoms with van der Waals surface area (Å²) in [6.07, 6.45) is 5.52. The van der Waals surface area contributed by atoms with E-state index in [0.29, 0.717) is 6.04 Å². The van der Waals surface area contributed by atoms with Crippen LogP contribution in [-0.2, 0) is 0 Å². The first-order valence-corrected chi connectivity index (χ1v) is 7.98. The number of nitrogens with zero attached hydrogens (tertiary/aromatic N) is 1. The van der Waals surface area contributed by atoms with Crippen LogP contribution in [0.15, 0.2) is 24.3 Å². The van der Waals surface area contributed by atoms with Crippen molar-refractivity contribution < 1.29 is 4.74 Å². The molecule has 1 heterocycles. The molecule has 3 rings (SSSR count). The van der Waals surface area contributed by atoms with Crippen molar-refractivity contribution in [3.8, 4) is 5.75 Å². The maximum absolute atomic E-state index is 5.63. The Morgan fingerprint density at radius 3 is 2.55 bits per heavy atom. The van der Waals surface area contributed by atoms with Gasteiger partial charge in [0.2, 0.25) is 0 Å². The van der Waals surface area contributed by atoms with E-state index in [1.165, 1.54) is 31.2 Å². The molecule has 0 spiro atoms. The van der Waals surface area contributed by atoms with Gasteiger partial charge < -0.3 is 10.1 Å². The number of piperazine rings is 1. The largest absolute Gasteiger partial charge is 0.496 e. The van der Waals surface area contributed by atoms with Gasteiger partial charge in [0.1, 0.15) is 5.75 Å². The molecule has 1 saturated heterocycles. The Labute approximate surface area is 122 Å². The van der Waals surface area contributed by atoms with Crippen molar-refractivity contribution >= 4 is 0 Å². The van der Waals surface area contributed by atoms with Crippen LogP contribution in [0, 0.1) is 5.92 Å². The Morgan fingerprint density at radius 2 is 1.85 bits per heavy atom. The minimum absolute atomic E-state index is 0.538. The molecular weight excluding hydrogens is 248 g/mol. The van der Waals surface area contributed by atoms with Gasteiger partial charge in [-0.15, -0.1) is 0 Å². The molecule has 3 heteroatoms. The fourth-order valence-corrected chi connectivity index (χ4v) is 3.89. The molecule has 0 aromatic heterocycles. The minimum Gasteiger partial charge on any atom is -0.496 e. The predicted octanol–water partition coefficient (Wildman–Crippen LogP) is 2.83. The molecule has 20 heavy (non-hydrogen) atoms. The molecule has 0 bridgehead atoms. The number of methoxy groups -OCH3 is 1. The van der Waals surface area contributed by atoms with E-state index in [2.05, 4.69) is 34.5 Å². The van der Waals surface area contributed by atoms with Crippen molar-refractivity contribution in [2.75, 3.05) is 33.3 Å². The van der Waals surface area contributed by atoms with Crippen molar-refractivity contribution in [2.24, 2.45) is 5.92 Å². The summed E-state index contributed by atoms with van der Waals surface area (Å²) in [5.41, 5.74) is 1.39. The SMILES string of the molecule is COc1ccccc1C(C1CCCC1)N1CCNCC1. The monoisotopic (exact) mass is 274 g/mol. The Morgan fingerprint density at radius 1 is 1.15 bits per heavy atom. The van der Waals surface area contributed by atoms with E-state index in [1.807, 2.05) is 0 Å². The minimum atomic E-state index is 0.538. The molecule has 3 nitrogen and oxygen atoms in total. The first-order chi connectivity index (χ1) is 9.90. The lowest BCUT2D eigenvalue weighted by atomic mass is 9.89. The Bertz CT molecular complexity index is 423. The fraction of sp³-hybridized carbons (Fsp3) is 0.647. The van der Waals surface area contributed by atoms with Crippen molar-refractivity contribution in [2.45, 2.75) is 31.7 Å². The lowest BCUT2D eigenvalue weighted by Gasteiger charge is -2.39. The Balaban J connectivity index is 1.90. The van der Waals surface area contributed by atoms with Gasteiger partial charge in [-0.2, -0.15) is 0 Å². The second-order valence-electron chi connectivity index (χ2n) is 6.02. The third-order valence-corrected chi connectivity index (χ3v) is 4.85. The van der Waals surface area contributed by atoms with Crippen LogP contribution in [0.25, 0.3) is 0 Å². The van der Waals surface area contributed by atoms with Crippen LogP contribution in [-0.4, -0.2) is 38.2 Å². The van der Waals surface area contributed by atoms with Gasteiger partial charge in [-0.25, -0.2) is 0 Å². The molecular formula is C17H26N2O. The topological polar surface area (TPSA) is 24.5 Å². The van der Waals surface area contributed by atoms with E-state index in [-0.39, 0.29) is 0 Å². The fourth-order valence-electron chi connectivity index (χ4n) is 3.89. The Kier molecular flexibility index (Phi) is 4.58. The maximum Gasteiger partial charge on any atom is 0.123 e. The number of nitrogens with one attached hydrogen (secondary N) is 1. The summed E-state index contributed by atoms with van der Waals surface area (Å²) in [6, 6.07) is 9.15. The van der Waals surface area contributed by atoms with Gasteiger partial charge in [-0.1, -0.05) is 31.0 Å². The quantitative estimate of drug-likeness (QED) is 0.913. The molecule has 1 aromatic carbocycles. The van der Waals surface area contributed by atoms with Crippen LogP contribution in [0.2, 0.25) is 0 Å². The van der Waals surface area contributed by atoms with Crippen molar-refractivity contribution in [3.63, 3.8) is 0 Å². The summed E-state index contributed by atoms with van der Waals surface area (Å²) >= 11 is 0. The highest BCUT2D eigenvalue weighted by Gasteiger charge is 2.33. The number of hydrogen-bond acceptors (Lipinski definition) is 3. The molecule has 0 amide bonds. The average Bonchev–Trinajstić information content (AvgIpc) is 3.03. The Hall–Kier alpha value is -1.06. The number of benzene rings is 1. The van der Waals surface area contributed by atoms with E-state index >= 15 is 0 Å². The van der Waals surface area contributed by atoms with Gasteiger partial charge in [-0.05, 0) is 24.8 Å². The smallest absolute Gasteiger partial charge is 0.123 e. The van der Waals surface area contributed by atoms with Crippen LogP contribution in [0.3, 0.4) is 0 Å². The third-order valence-electron chi connectivity index (χ3n) is 4.85. The first-order valence-electron chi connectivity index (χ1n) is 7.98. The standard InChI is InChI=1S/C17H26N2O/c1-20-16-9-5-4-8-15(16)17(14-6-2-3-7-14)19-12-10-18-11-13-19/h4-5,8-9,14,17-18H,2-3,6-7,10-13H2,1H3. The van der Waals surface area contributed by atoms with Gasteiger partial charge in [0.15, 0.2) is 0 Å². The van der Waals surface area contributed by atoms with Crippen LogP contribution < -0.4 is 10.1 Å². The molecule has 1 unspecified atom stereocenters. The van der Waals surface area contributed by atoms with Crippen molar-refractivity contribution in [3.05, 3.63) is 29.8 Å². The maximum atomic E-state index is 5.63. The zero-order valence-corrected chi connectivity index (χ0v) is 12.5. The highest BCUT2D eigenvalue weighted by molar-refractivity contribution is 5.36. The van der Waals surface area contributed by atoms with E-state index in [0.717, 1.165) is 37.8 Å². The molecule has 110 valence electrons. The number of ether oxygens (including phenoxy) is 1.